The summed E-state index contributed by atoms with van der Waals surface area (Å²) in [6.07, 6.45) is -2.86. The minimum atomic E-state index is -5.20. The van der Waals surface area contributed by atoms with Crippen LogP contribution in [0, 0.1) is 0 Å². The van der Waals surface area contributed by atoms with Crippen LogP contribution in [0.1, 0.15) is 25.8 Å². The van der Waals surface area contributed by atoms with Gasteiger partial charge in [-0.2, -0.15) is 18.2 Å². The van der Waals surface area contributed by atoms with E-state index < -0.39 is 29.1 Å². The Bertz CT molecular complexity index is 1640. The summed E-state index contributed by atoms with van der Waals surface area (Å²) < 4.78 is 47.7. The number of hydroxylamine groups is 2. The van der Waals surface area contributed by atoms with Crippen LogP contribution in [0.15, 0.2) is 65.5 Å². The Morgan fingerprint density at radius 1 is 1.20 bits per heavy atom. The third-order valence-corrected chi connectivity index (χ3v) is 9.04. The smallest absolute Gasteiger partial charge is 0.378 e. The van der Waals surface area contributed by atoms with Crippen LogP contribution in [0.25, 0.3) is 11.4 Å². The highest BCUT2D eigenvalue weighted by molar-refractivity contribution is 8.04. The Morgan fingerprint density at radius 2 is 1.96 bits per heavy atom. The molecule has 0 radical (unpaired) electrons. The van der Waals surface area contributed by atoms with E-state index in [0.717, 1.165) is 45.2 Å². The van der Waals surface area contributed by atoms with Crippen molar-refractivity contribution < 1.29 is 32.3 Å². The first-order valence-corrected chi connectivity index (χ1v) is 15.2. The number of halogens is 3. The molecule has 6 rings (SSSR count). The topological polar surface area (TPSA) is 114 Å². The van der Waals surface area contributed by atoms with Crippen molar-refractivity contribution in [1.82, 2.24) is 30.0 Å². The van der Waals surface area contributed by atoms with Gasteiger partial charge in [0.05, 0.1) is 23.8 Å². The van der Waals surface area contributed by atoms with Crippen molar-refractivity contribution in [1.29, 1.82) is 0 Å². The molecule has 15 heteroatoms. The summed E-state index contributed by atoms with van der Waals surface area (Å²) in [5.74, 6) is -2.01. The van der Waals surface area contributed by atoms with Crippen LogP contribution < -0.4 is 10.6 Å². The Morgan fingerprint density at radius 3 is 2.69 bits per heavy atom. The number of nitrogens with zero attached hydrogens (tertiary/aromatic N) is 5. The van der Waals surface area contributed by atoms with Crippen molar-refractivity contribution in [2.45, 2.75) is 49.9 Å². The van der Waals surface area contributed by atoms with E-state index in [4.69, 9.17) is 9.57 Å². The number of morpholine rings is 1. The first-order valence-electron chi connectivity index (χ1n) is 14.3. The summed E-state index contributed by atoms with van der Waals surface area (Å²) in [5.41, 5.74) is 2.22. The van der Waals surface area contributed by atoms with Crippen LogP contribution in [-0.4, -0.2) is 79.6 Å². The molecule has 1 saturated heterocycles. The van der Waals surface area contributed by atoms with Crippen LogP contribution in [0.3, 0.4) is 0 Å². The van der Waals surface area contributed by atoms with E-state index in [1.807, 2.05) is 65.0 Å². The molecule has 2 atom stereocenters. The quantitative estimate of drug-likeness (QED) is 0.386. The van der Waals surface area contributed by atoms with E-state index in [-0.39, 0.29) is 23.1 Å². The maximum Gasteiger partial charge on any atom is 0.493 e. The first kappa shape index (κ1) is 30.9. The molecular weight excluding hydrogens is 611 g/mol. The number of aromatic nitrogens is 3. The molecule has 2 N–H and O–H groups in total. The molecule has 238 valence electrons. The van der Waals surface area contributed by atoms with Crippen molar-refractivity contribution in [2.75, 3.05) is 25.1 Å². The minimum absolute atomic E-state index is 0.198. The van der Waals surface area contributed by atoms with Gasteiger partial charge in [-0.3, -0.25) is 9.69 Å². The van der Waals surface area contributed by atoms with Gasteiger partial charge in [0.25, 0.3) is 5.91 Å². The molecule has 11 nitrogen and oxygen atoms in total. The van der Waals surface area contributed by atoms with Crippen molar-refractivity contribution in [2.24, 2.45) is 7.05 Å². The number of thioether (sulfide) groups is 1. The zero-order chi connectivity index (χ0) is 31.9. The van der Waals surface area contributed by atoms with Crippen molar-refractivity contribution >= 4 is 35.0 Å². The predicted octanol–water partition coefficient (Wildman–Crippen LogP) is 4.33. The standard InChI is InChI=1S/C30H32F3N7O4S/c1-29(2)15-23-24(26(41)36-29)45-28(40(23)44-27(42)30(31,32)33)39-10-11-43-16-22(39)13-18-6-4-8-20(12-18)35-21-9-5-7-19(14-21)25-37-34-17-38(25)3/h4-9,12,14,17,22,28,35H,10-11,13,15-16H2,1-3H3,(H,36,41). The lowest BCUT2D eigenvalue weighted by Crippen LogP contribution is -2.56. The lowest BCUT2D eigenvalue weighted by molar-refractivity contribution is -0.243. The van der Waals surface area contributed by atoms with Gasteiger partial charge in [-0.05, 0) is 50.1 Å². The molecule has 1 aromatic heterocycles. The molecule has 1 amide bonds. The molecule has 0 saturated carbocycles. The highest BCUT2D eigenvalue weighted by atomic mass is 32.2. The second kappa shape index (κ2) is 12.0. The summed E-state index contributed by atoms with van der Waals surface area (Å²) in [6.45, 7) is 4.53. The van der Waals surface area contributed by atoms with E-state index in [0.29, 0.717) is 26.2 Å². The minimum Gasteiger partial charge on any atom is -0.378 e. The lowest BCUT2D eigenvalue weighted by atomic mass is 9.94. The second-order valence-corrected chi connectivity index (χ2v) is 12.8. The number of aryl methyl sites for hydroxylation is 1. The molecule has 1 fully saturated rings. The van der Waals surface area contributed by atoms with Gasteiger partial charge >= 0.3 is 12.1 Å². The van der Waals surface area contributed by atoms with Gasteiger partial charge < -0.3 is 24.8 Å². The number of amides is 1. The molecule has 0 spiro atoms. The maximum atomic E-state index is 13.3. The molecule has 2 unspecified atom stereocenters. The number of rotatable bonds is 7. The third kappa shape index (κ3) is 6.65. The molecular formula is C30H32F3N7O4S. The summed E-state index contributed by atoms with van der Waals surface area (Å²) in [5, 5.41) is 15.4. The Balaban J connectivity index is 1.22. The van der Waals surface area contributed by atoms with E-state index >= 15 is 0 Å². The van der Waals surface area contributed by atoms with Crippen LogP contribution in [-0.2, 0) is 32.6 Å². The summed E-state index contributed by atoms with van der Waals surface area (Å²) in [6, 6.07) is 15.4. The molecule has 0 bridgehead atoms. The fourth-order valence-corrected chi connectivity index (χ4v) is 7.04. The summed E-state index contributed by atoms with van der Waals surface area (Å²) >= 11 is 1.09. The molecule has 0 aliphatic carbocycles. The zero-order valence-corrected chi connectivity index (χ0v) is 25.6. The monoisotopic (exact) mass is 643 g/mol. The summed E-state index contributed by atoms with van der Waals surface area (Å²) in [4.78, 5) is 32.2. The van der Waals surface area contributed by atoms with Crippen molar-refractivity contribution in [3.63, 3.8) is 0 Å². The Hall–Kier alpha value is -4.08. The lowest BCUT2D eigenvalue weighted by Gasteiger charge is -2.42. The van der Waals surface area contributed by atoms with E-state index in [9.17, 15) is 22.8 Å². The van der Waals surface area contributed by atoms with E-state index in [1.54, 1.807) is 20.2 Å². The number of ether oxygens (including phenoxy) is 1. The zero-order valence-electron chi connectivity index (χ0n) is 24.8. The number of hydrogen-bond acceptors (Lipinski definition) is 10. The molecule has 3 aliphatic heterocycles. The largest absolute Gasteiger partial charge is 0.493 e. The van der Waals surface area contributed by atoms with Gasteiger partial charge in [-0.15, -0.1) is 10.2 Å². The van der Waals surface area contributed by atoms with Crippen LogP contribution in [0.5, 0.6) is 0 Å². The van der Waals surface area contributed by atoms with Gasteiger partial charge in [0.1, 0.15) is 6.33 Å². The van der Waals surface area contributed by atoms with Crippen molar-refractivity contribution in [3.8, 4) is 11.4 Å². The predicted molar refractivity (Wildman–Crippen MR) is 160 cm³/mol. The van der Waals surface area contributed by atoms with Crippen LogP contribution in [0.2, 0.25) is 0 Å². The molecule has 45 heavy (non-hydrogen) atoms. The van der Waals surface area contributed by atoms with Crippen LogP contribution in [0.4, 0.5) is 24.5 Å². The van der Waals surface area contributed by atoms with Gasteiger partial charge in [0, 0.05) is 48.5 Å². The average molecular weight is 644 g/mol. The molecule has 2 aromatic carbocycles. The van der Waals surface area contributed by atoms with E-state index in [1.165, 1.54) is 0 Å². The number of carbonyl (C=O) groups excluding carboxylic acids is 2. The highest BCUT2D eigenvalue weighted by Crippen LogP contribution is 2.46. The SMILES string of the molecule is Cn1cnnc1-c1cccc(Nc2cccc(CC3COCCN3C3SC4=C(CC(C)(C)NC4=O)N3OC(=O)C(F)(F)F)c2)c1. The first-order chi connectivity index (χ1) is 21.4. The average Bonchev–Trinajstić information content (AvgIpc) is 3.56. The fourth-order valence-electron chi connectivity index (χ4n) is 5.70. The normalized spacial score (nSPS) is 21.8. The van der Waals surface area contributed by atoms with E-state index in [2.05, 4.69) is 20.8 Å². The third-order valence-electron chi connectivity index (χ3n) is 7.71. The maximum absolute atomic E-state index is 13.3. The molecule has 3 aliphatic rings. The number of benzene rings is 2. The number of hydrogen-bond donors (Lipinski definition) is 2. The number of alkyl halides is 3. The second-order valence-electron chi connectivity index (χ2n) is 11.8. The molecule has 3 aromatic rings. The number of carbonyl (C=O) groups is 2. The number of nitrogens with one attached hydrogen (secondary N) is 2. The van der Waals surface area contributed by atoms with Gasteiger partial charge in [0.15, 0.2) is 11.3 Å². The number of anilines is 2. The summed E-state index contributed by atoms with van der Waals surface area (Å²) in [7, 11) is 1.88. The van der Waals surface area contributed by atoms with Gasteiger partial charge in [-0.25, -0.2) is 4.79 Å². The highest BCUT2D eigenvalue weighted by Gasteiger charge is 2.51. The van der Waals surface area contributed by atoms with Crippen LogP contribution >= 0.6 is 11.8 Å². The Kier molecular flexibility index (Phi) is 8.26. The molecule has 4 heterocycles. The van der Waals surface area contributed by atoms with Gasteiger partial charge in [0.2, 0.25) is 0 Å². The van der Waals surface area contributed by atoms with Gasteiger partial charge in [-0.1, -0.05) is 36.0 Å². The van der Waals surface area contributed by atoms with Crippen molar-refractivity contribution in [3.05, 3.63) is 71.0 Å². The Labute approximate surface area is 261 Å². The fraction of sp³-hybridized carbons (Fsp3) is 0.400.